The molecule has 5 rings (SSSR count). The fourth-order valence-corrected chi connectivity index (χ4v) is 89.8. The Balaban J connectivity index is 0.00000151. The van der Waals surface area contributed by atoms with E-state index in [1.807, 2.05) is 13.8 Å². The van der Waals surface area contributed by atoms with Crippen LogP contribution in [0.15, 0.2) is 0 Å². The minimum Gasteiger partial charge on any atom is -0.437 e. The molecule has 29 nitrogen and oxygen atoms in total. The lowest BCUT2D eigenvalue weighted by Gasteiger charge is -2.41. The van der Waals surface area contributed by atoms with Crippen LogP contribution in [0.5, 0.6) is 0 Å². The van der Waals surface area contributed by atoms with Crippen molar-refractivity contribution in [2.24, 2.45) is 5.73 Å². The number of rotatable bonds is 64. The summed E-state index contributed by atoms with van der Waals surface area (Å²) in [5.41, 5.74) is 5.24. The van der Waals surface area contributed by atoms with Gasteiger partial charge in [0.25, 0.3) is 0 Å². The summed E-state index contributed by atoms with van der Waals surface area (Å²) in [7, 11) is -37.8. The summed E-state index contributed by atoms with van der Waals surface area (Å²) < 4.78 is 153. The second-order valence-corrected chi connectivity index (χ2v) is 113. The molecule has 740 valence electrons. The Morgan fingerprint density at radius 1 is 0.285 bits per heavy atom. The van der Waals surface area contributed by atoms with E-state index in [0.29, 0.717) is 59.9 Å². The molecule has 0 spiro atoms. The van der Waals surface area contributed by atoms with Crippen molar-refractivity contribution in [3.05, 3.63) is 0 Å². The monoisotopic (exact) mass is 2090 g/mol. The first-order valence-corrected chi connectivity index (χ1v) is 101. The van der Waals surface area contributed by atoms with Gasteiger partial charge in [0.05, 0.1) is 66.1 Å². The van der Waals surface area contributed by atoms with Gasteiger partial charge in [-0.1, -0.05) is 12.6 Å². The van der Waals surface area contributed by atoms with Gasteiger partial charge >= 0.3 is 103 Å². The molecule has 0 bridgehead atoms. The van der Waals surface area contributed by atoms with Crippen molar-refractivity contribution in [1.82, 2.24) is 0 Å². The van der Waals surface area contributed by atoms with E-state index in [-0.39, 0.29) is 0 Å². The Morgan fingerprint density at radius 3 is 0.748 bits per heavy atom. The highest BCUT2D eigenvalue weighted by molar-refractivity contribution is 6.92. The Kier molecular flexibility index (Phi) is 58.7. The van der Waals surface area contributed by atoms with E-state index >= 15 is 0 Å². The van der Waals surface area contributed by atoms with Gasteiger partial charge in [0.15, 0.2) is 49.9 Å². The molecular weight excluding hydrogens is 1900 g/mol. The van der Waals surface area contributed by atoms with Crippen molar-refractivity contribution < 1.29 is 124 Å². The summed E-state index contributed by atoms with van der Waals surface area (Å²) in [5.74, 6) is 0. The standard InChI is InChI=1S/C20H46O7Si4.C18H40O6Si3.C15H38O5Si4.C12H34O5Si4.C6H20O5Si3.C4H13NSi/c1-28(2,13-9-11-21-15-19-17-23-19)25-30(5,6)27-31(7,8)26-29(3,4)14-10-12-22-16-20-18-24-20;1-25(2,11-7-9-19-13-17-15-21-17)23-27(5,6)24-26(3,4)12-8-10-20-14-18-16-22-18;1-21(2,3)18-23(7,8)20-24(9,19-22(4,5)6)12-10-11-16-13-15-14-17-15;1-11-13-18(3,4)15-20(7,8)17-21(9,10)16-19(5,6)14-12-2;1-12(2,7)9-10-14(5,6)11-13(3,4)8;1-6-4-2-3-5/h19-20H,9-18H2,1-8H3;17-18H,7-16H2,1-6H3;15H,10-14H2,1-9H3;11-12H2,1-10H3;7-8H,1-6H3;2-6H2,1H3. The SMILES string of the molecule is CCO[Si](C)(C)O[Si](C)(C)O[Si](C)(C)O[Si](C)(C)OCC.C[SiH2]CCCN.C[Si](C)(C)O[Si](C)(C)O[Si](C)(CCCOCC1CO1)O[Si](C)(C)C.C[Si](C)(CCCOCC1CO1)O[Si](C)(C)O[Si](C)(C)CCCOCC1CO1.C[Si](C)(CCCOCC1CO1)O[Si](C)(C)O[Si](C)(C)O[Si](C)(C)CCCOCC1CO1.C[Si](C)(O)OO[Si](C)(C)O[Si](C)(C)O. The minimum atomic E-state index is -2.68. The van der Waals surface area contributed by atoms with Gasteiger partial charge in [-0.2, -0.15) is 0 Å². The van der Waals surface area contributed by atoms with Crippen LogP contribution in [0.2, 0.25) is 285 Å². The average molecular weight is 2090 g/mol. The molecule has 0 amide bonds. The van der Waals surface area contributed by atoms with Gasteiger partial charge < -0.3 is 121 Å². The Bertz CT molecular complexity index is 2640. The van der Waals surface area contributed by atoms with Crippen LogP contribution in [0.3, 0.4) is 0 Å². The third kappa shape index (κ3) is 80.8. The van der Waals surface area contributed by atoms with Gasteiger partial charge in [-0.15, -0.1) is 0 Å². The van der Waals surface area contributed by atoms with Crippen LogP contribution in [0, 0.1) is 0 Å². The number of hydrogen-bond donors (Lipinski definition) is 3. The van der Waals surface area contributed by atoms with Crippen LogP contribution >= 0.6 is 0 Å². The maximum atomic E-state index is 9.55. The lowest BCUT2D eigenvalue weighted by molar-refractivity contribution is -0.153. The highest BCUT2D eigenvalue weighted by atomic mass is 28.5. The normalized spacial score (nSPS) is 19.5. The molecule has 0 aromatic carbocycles. The van der Waals surface area contributed by atoms with Gasteiger partial charge in [0, 0.05) is 55.8 Å². The third-order valence-electron chi connectivity index (χ3n) is 17.0. The van der Waals surface area contributed by atoms with E-state index in [0.717, 1.165) is 161 Å². The Morgan fingerprint density at radius 2 is 0.528 bits per heavy atom. The van der Waals surface area contributed by atoms with Crippen LogP contribution in [-0.2, 0) is 115 Å². The molecule has 6 atom stereocenters. The first kappa shape index (κ1) is 126. The molecule has 4 N–H and O–H groups in total. The first-order chi connectivity index (χ1) is 55.6. The molecule has 123 heavy (non-hydrogen) atoms. The summed E-state index contributed by atoms with van der Waals surface area (Å²) >= 11 is 0. The fraction of sp³-hybridized carbons (Fsp3) is 1.00. The zero-order valence-corrected chi connectivity index (χ0v) is 105. The number of hydrogen-bond acceptors (Lipinski definition) is 29. The summed E-state index contributed by atoms with van der Waals surface area (Å²) in [6, 6.07) is 6.75. The molecule has 5 heterocycles. The van der Waals surface area contributed by atoms with Crippen LogP contribution in [0.4, 0.5) is 0 Å². The molecule has 5 fully saturated rings. The molecule has 5 aliphatic rings. The maximum Gasteiger partial charge on any atom is 0.364 e. The molecular formula is C75H191NO28Si19. The largest absolute Gasteiger partial charge is 0.437 e. The summed E-state index contributed by atoms with van der Waals surface area (Å²) in [6.45, 7) is 98.2. The van der Waals surface area contributed by atoms with Crippen molar-refractivity contribution in [3.8, 4) is 0 Å². The number of ether oxygens (including phenoxy) is 10. The van der Waals surface area contributed by atoms with Crippen molar-refractivity contribution in [1.29, 1.82) is 0 Å². The second-order valence-electron chi connectivity index (χ2n) is 42.3. The van der Waals surface area contributed by atoms with Crippen molar-refractivity contribution in [2.45, 2.75) is 368 Å². The van der Waals surface area contributed by atoms with Crippen molar-refractivity contribution in [3.63, 3.8) is 0 Å². The van der Waals surface area contributed by atoms with Gasteiger partial charge in [0.1, 0.15) is 30.5 Å². The van der Waals surface area contributed by atoms with Crippen LogP contribution in [-0.4, -0.2) is 321 Å². The van der Waals surface area contributed by atoms with Crippen LogP contribution in [0.25, 0.3) is 0 Å². The molecule has 0 saturated carbocycles. The topological polar surface area (TPSA) is 323 Å². The van der Waals surface area contributed by atoms with Gasteiger partial charge in [-0.25, -0.2) is 0 Å². The Labute approximate surface area is 773 Å². The quantitative estimate of drug-likeness (QED) is 0.0167. The molecule has 48 heteroatoms. The fourth-order valence-electron chi connectivity index (χ4n) is 14.1. The van der Waals surface area contributed by atoms with Gasteiger partial charge in [-0.3, -0.25) is 9.15 Å². The molecule has 5 aliphatic heterocycles. The van der Waals surface area contributed by atoms with E-state index in [1.54, 1.807) is 39.3 Å². The van der Waals surface area contributed by atoms with E-state index in [9.17, 15) is 9.59 Å². The third-order valence-corrected chi connectivity index (χ3v) is 77.5. The van der Waals surface area contributed by atoms with Crippen molar-refractivity contribution in [2.75, 3.05) is 119 Å². The van der Waals surface area contributed by atoms with Gasteiger partial charge in [0.2, 0.25) is 0 Å². The average Bonchev–Trinajstić information content (AvgIpc) is 1.24. The van der Waals surface area contributed by atoms with Crippen LogP contribution < -0.4 is 5.73 Å². The number of epoxide rings is 5. The van der Waals surface area contributed by atoms with Crippen molar-refractivity contribution >= 4 is 162 Å². The Hall–Kier alpha value is 2.96. The number of nitrogens with two attached hydrogens (primary N) is 1. The minimum absolute atomic E-state index is 0.323. The first-order valence-electron chi connectivity index (χ1n) is 45.8. The predicted octanol–water partition coefficient (Wildman–Crippen LogP) is 17.4. The predicted molar refractivity (Wildman–Crippen MR) is 546 cm³/mol. The molecule has 0 aromatic rings. The van der Waals surface area contributed by atoms with E-state index in [4.69, 9.17) is 120 Å². The molecule has 0 radical (unpaired) electrons. The smallest absolute Gasteiger partial charge is 0.364 e. The van der Waals surface area contributed by atoms with E-state index < -0.39 is 153 Å². The van der Waals surface area contributed by atoms with Crippen LogP contribution in [0.1, 0.15) is 52.4 Å². The maximum absolute atomic E-state index is 9.55. The highest BCUT2D eigenvalue weighted by Gasteiger charge is 2.49. The summed E-state index contributed by atoms with van der Waals surface area (Å²) in [5, 5.41) is 0. The molecule has 0 aliphatic carbocycles. The zero-order chi connectivity index (χ0) is 95.2. The van der Waals surface area contributed by atoms with E-state index in [1.165, 1.54) is 12.5 Å². The lowest BCUT2D eigenvalue weighted by atomic mass is 10.5. The molecule has 6 unspecified atom stereocenters. The molecule has 0 aromatic heterocycles. The zero-order valence-electron chi connectivity index (χ0n) is 85.9. The molecule has 5 saturated heterocycles. The summed E-state index contributed by atoms with van der Waals surface area (Å²) in [6.07, 6.45) is 8.11. The lowest BCUT2D eigenvalue weighted by Crippen LogP contribution is -2.57. The van der Waals surface area contributed by atoms with Gasteiger partial charge in [-0.05, 0) is 331 Å². The second kappa shape index (κ2) is 57.4. The summed E-state index contributed by atoms with van der Waals surface area (Å²) in [4.78, 5) is 18.9. The van der Waals surface area contributed by atoms with E-state index in [2.05, 4.69) is 210 Å². The highest BCUT2D eigenvalue weighted by Crippen LogP contribution is 2.33.